The summed E-state index contributed by atoms with van der Waals surface area (Å²) >= 11 is 5.99. The molecule has 5 nitrogen and oxygen atoms in total. The van der Waals surface area contributed by atoms with E-state index in [1.165, 1.54) is 0 Å². The van der Waals surface area contributed by atoms with Crippen LogP contribution in [0.2, 0.25) is 5.02 Å². The summed E-state index contributed by atoms with van der Waals surface area (Å²) in [5.74, 6) is 0. The number of nitrogens with one attached hydrogen (secondary N) is 1. The summed E-state index contributed by atoms with van der Waals surface area (Å²) in [6.07, 6.45) is 0.205. The van der Waals surface area contributed by atoms with Crippen LogP contribution in [0, 0.1) is 0 Å². The number of H-pyrrole nitrogens is 1. The molecule has 0 saturated heterocycles. The number of carbonyl (C=O) groups is 1. The Balaban J connectivity index is 1.97. The molecule has 1 aliphatic heterocycles. The van der Waals surface area contributed by atoms with Crippen LogP contribution in [0.1, 0.15) is 32.0 Å². The molecule has 2 heterocycles. The standard InChI is InChI=1S/C17H19ClN2O3/c1-17(2,3)23-16(22)20-7-6-14-12(9-20)15(21)11-8-10(18)4-5-13(11)19-14/h4-5,8H,6-7,9H2,1-3H3,(H,19,21). The van der Waals surface area contributed by atoms with Gasteiger partial charge in [0.1, 0.15) is 5.60 Å². The first-order valence-corrected chi connectivity index (χ1v) is 7.93. The van der Waals surface area contributed by atoms with Crippen molar-refractivity contribution in [3.05, 3.63) is 44.7 Å². The Morgan fingerprint density at radius 3 is 2.78 bits per heavy atom. The van der Waals surface area contributed by atoms with Crippen molar-refractivity contribution in [3.8, 4) is 0 Å². The number of aromatic nitrogens is 1. The zero-order valence-corrected chi connectivity index (χ0v) is 14.2. The number of rotatable bonds is 0. The predicted octanol–water partition coefficient (Wildman–Crippen LogP) is 3.47. The van der Waals surface area contributed by atoms with Gasteiger partial charge >= 0.3 is 6.09 Å². The highest BCUT2D eigenvalue weighted by Gasteiger charge is 2.27. The Bertz CT molecular complexity index is 836. The number of fused-ring (bicyclic) bond motifs is 2. The molecule has 1 aromatic heterocycles. The van der Waals surface area contributed by atoms with E-state index in [4.69, 9.17) is 16.3 Å². The molecular formula is C17H19ClN2O3. The predicted molar refractivity (Wildman–Crippen MR) is 89.9 cm³/mol. The number of hydrogen-bond donors (Lipinski definition) is 1. The second kappa shape index (κ2) is 5.57. The van der Waals surface area contributed by atoms with Crippen molar-refractivity contribution >= 4 is 28.6 Å². The van der Waals surface area contributed by atoms with Crippen LogP contribution in [0.5, 0.6) is 0 Å². The van der Waals surface area contributed by atoms with Gasteiger partial charge in [-0.15, -0.1) is 0 Å². The van der Waals surface area contributed by atoms with E-state index in [9.17, 15) is 9.59 Å². The van der Waals surface area contributed by atoms with Gasteiger partial charge in [0.05, 0.1) is 6.54 Å². The SMILES string of the molecule is CC(C)(C)OC(=O)N1CCc2[nH]c3ccc(Cl)cc3c(=O)c2C1. The van der Waals surface area contributed by atoms with Gasteiger partial charge in [0.2, 0.25) is 0 Å². The van der Waals surface area contributed by atoms with Crippen molar-refractivity contribution in [2.45, 2.75) is 39.3 Å². The van der Waals surface area contributed by atoms with E-state index in [1.807, 2.05) is 20.8 Å². The van der Waals surface area contributed by atoms with E-state index in [2.05, 4.69) is 4.98 Å². The monoisotopic (exact) mass is 334 g/mol. The maximum Gasteiger partial charge on any atom is 0.410 e. The summed E-state index contributed by atoms with van der Waals surface area (Å²) in [6.45, 7) is 6.25. The average molecular weight is 335 g/mol. The molecule has 1 amide bonds. The molecule has 3 rings (SSSR count). The number of nitrogens with zero attached hydrogens (tertiary/aromatic N) is 1. The van der Waals surface area contributed by atoms with E-state index in [1.54, 1.807) is 23.1 Å². The van der Waals surface area contributed by atoms with Gasteiger partial charge < -0.3 is 14.6 Å². The topological polar surface area (TPSA) is 62.4 Å². The molecule has 1 N–H and O–H groups in total. The first-order valence-electron chi connectivity index (χ1n) is 7.56. The van der Waals surface area contributed by atoms with Crippen LogP contribution in [-0.4, -0.2) is 28.1 Å². The van der Waals surface area contributed by atoms with E-state index in [0.717, 1.165) is 11.2 Å². The maximum atomic E-state index is 12.7. The lowest BCUT2D eigenvalue weighted by Crippen LogP contribution is -2.41. The zero-order chi connectivity index (χ0) is 16.8. The molecule has 23 heavy (non-hydrogen) atoms. The lowest BCUT2D eigenvalue weighted by Gasteiger charge is -2.30. The molecule has 0 spiro atoms. The summed E-state index contributed by atoms with van der Waals surface area (Å²) < 4.78 is 5.39. The fourth-order valence-electron chi connectivity index (χ4n) is 2.73. The normalized spacial score (nSPS) is 14.7. The van der Waals surface area contributed by atoms with E-state index >= 15 is 0 Å². The molecule has 0 bridgehead atoms. The number of hydrogen-bond acceptors (Lipinski definition) is 3. The first-order chi connectivity index (χ1) is 10.7. The van der Waals surface area contributed by atoms with Crippen LogP contribution in [0.4, 0.5) is 4.79 Å². The van der Waals surface area contributed by atoms with E-state index < -0.39 is 11.7 Å². The number of ether oxygens (including phenoxy) is 1. The summed E-state index contributed by atoms with van der Waals surface area (Å²) in [5, 5.41) is 1.06. The molecule has 0 saturated carbocycles. The smallest absolute Gasteiger partial charge is 0.410 e. The number of amides is 1. The van der Waals surface area contributed by atoms with Crippen LogP contribution in [-0.2, 0) is 17.7 Å². The highest BCUT2D eigenvalue weighted by Crippen LogP contribution is 2.22. The summed E-state index contributed by atoms with van der Waals surface area (Å²) in [7, 11) is 0. The lowest BCUT2D eigenvalue weighted by molar-refractivity contribution is 0.0222. The molecule has 0 aliphatic carbocycles. The summed E-state index contributed by atoms with van der Waals surface area (Å²) in [6, 6.07) is 5.21. The van der Waals surface area contributed by atoms with E-state index in [-0.39, 0.29) is 12.0 Å². The molecule has 0 radical (unpaired) electrons. The Labute approximate surface area is 139 Å². The Kier molecular flexibility index (Phi) is 3.84. The maximum absolute atomic E-state index is 12.7. The van der Waals surface area contributed by atoms with Crippen molar-refractivity contribution in [1.82, 2.24) is 9.88 Å². The van der Waals surface area contributed by atoms with Crippen molar-refractivity contribution in [3.63, 3.8) is 0 Å². The molecule has 6 heteroatoms. The molecule has 0 fully saturated rings. The number of carbonyl (C=O) groups excluding carboxylic acids is 1. The van der Waals surface area contributed by atoms with Gasteiger partial charge in [0.25, 0.3) is 0 Å². The quantitative estimate of drug-likeness (QED) is 0.802. The molecule has 0 atom stereocenters. The molecule has 1 aliphatic rings. The Morgan fingerprint density at radius 2 is 2.09 bits per heavy atom. The van der Waals surface area contributed by atoms with Crippen LogP contribution in [0.25, 0.3) is 10.9 Å². The van der Waals surface area contributed by atoms with Gasteiger partial charge in [-0.25, -0.2) is 4.79 Å². The summed E-state index contributed by atoms with van der Waals surface area (Å²) in [4.78, 5) is 29.8. The van der Waals surface area contributed by atoms with Crippen molar-refractivity contribution in [1.29, 1.82) is 0 Å². The highest BCUT2D eigenvalue weighted by atomic mass is 35.5. The zero-order valence-electron chi connectivity index (χ0n) is 13.4. The third-order valence-corrected chi connectivity index (χ3v) is 4.02. The van der Waals surface area contributed by atoms with Gasteiger partial charge in [0, 0.05) is 40.1 Å². The number of benzene rings is 1. The van der Waals surface area contributed by atoms with Crippen LogP contribution in [0.3, 0.4) is 0 Å². The largest absolute Gasteiger partial charge is 0.444 e. The second-order valence-electron chi connectivity index (χ2n) is 6.75. The first kappa shape index (κ1) is 15.9. The van der Waals surface area contributed by atoms with Gasteiger partial charge in [-0.3, -0.25) is 4.79 Å². The molecule has 122 valence electrons. The molecule has 0 unspecified atom stereocenters. The van der Waals surface area contributed by atoms with Gasteiger partial charge in [-0.05, 0) is 39.0 Å². The van der Waals surface area contributed by atoms with Crippen LogP contribution in [0.15, 0.2) is 23.0 Å². The van der Waals surface area contributed by atoms with Crippen LogP contribution < -0.4 is 5.43 Å². The van der Waals surface area contributed by atoms with Gasteiger partial charge in [-0.1, -0.05) is 11.6 Å². The van der Waals surface area contributed by atoms with Gasteiger partial charge in [0.15, 0.2) is 5.43 Å². The number of pyridine rings is 1. The minimum absolute atomic E-state index is 0.0792. The minimum Gasteiger partial charge on any atom is -0.444 e. The fourth-order valence-corrected chi connectivity index (χ4v) is 2.90. The molecule has 1 aromatic carbocycles. The minimum atomic E-state index is -0.555. The van der Waals surface area contributed by atoms with Gasteiger partial charge in [-0.2, -0.15) is 0 Å². The highest BCUT2D eigenvalue weighted by molar-refractivity contribution is 6.31. The second-order valence-corrected chi connectivity index (χ2v) is 7.19. The van der Waals surface area contributed by atoms with Crippen molar-refractivity contribution in [2.75, 3.05) is 6.54 Å². The lowest BCUT2D eigenvalue weighted by atomic mass is 10.0. The van der Waals surface area contributed by atoms with Crippen molar-refractivity contribution < 1.29 is 9.53 Å². The number of halogens is 1. The van der Waals surface area contributed by atoms with E-state index in [0.29, 0.717) is 28.9 Å². The fraction of sp³-hybridized carbons (Fsp3) is 0.412. The number of aromatic amines is 1. The molecular weight excluding hydrogens is 316 g/mol. The third kappa shape index (κ3) is 3.20. The third-order valence-electron chi connectivity index (χ3n) is 3.78. The molecule has 2 aromatic rings. The average Bonchev–Trinajstić information content (AvgIpc) is 2.46. The van der Waals surface area contributed by atoms with Crippen molar-refractivity contribution in [2.24, 2.45) is 0 Å². The Morgan fingerprint density at radius 1 is 1.35 bits per heavy atom. The Hall–Kier alpha value is -2.01. The van der Waals surface area contributed by atoms with Crippen LogP contribution >= 0.6 is 11.6 Å². The summed E-state index contributed by atoms with van der Waals surface area (Å²) in [5.41, 5.74) is 1.62.